The molecule has 0 spiro atoms. The minimum absolute atomic E-state index is 0.100. The van der Waals surface area contributed by atoms with Gasteiger partial charge in [-0.25, -0.2) is 9.49 Å². The number of amides is 1. The molecule has 138 valence electrons. The molecule has 3 aromatic rings. The van der Waals surface area contributed by atoms with Gasteiger partial charge < -0.3 is 4.90 Å². The van der Waals surface area contributed by atoms with Crippen molar-refractivity contribution in [1.82, 2.24) is 15.1 Å². The first-order chi connectivity index (χ1) is 13.1. The number of carbonyl (C=O) groups is 1. The monoisotopic (exact) mass is 365 g/mol. The van der Waals surface area contributed by atoms with Crippen LogP contribution in [0.1, 0.15) is 40.9 Å². The van der Waals surface area contributed by atoms with Gasteiger partial charge in [-0.3, -0.25) is 9.59 Å². The third-order valence-corrected chi connectivity index (χ3v) is 5.05. The van der Waals surface area contributed by atoms with Gasteiger partial charge in [0.2, 0.25) is 0 Å². The molecule has 1 N–H and O–H groups in total. The van der Waals surface area contributed by atoms with Gasteiger partial charge in [-0.05, 0) is 43.0 Å². The topological polar surface area (TPSA) is 66.1 Å². The maximum absolute atomic E-state index is 14.3. The van der Waals surface area contributed by atoms with Gasteiger partial charge in [0.15, 0.2) is 0 Å². The second kappa shape index (κ2) is 7.31. The molecule has 2 heterocycles. The van der Waals surface area contributed by atoms with Gasteiger partial charge in [-0.15, -0.1) is 0 Å². The molecule has 1 fully saturated rings. The molecule has 0 bridgehead atoms. The zero-order valence-electron chi connectivity index (χ0n) is 14.9. The summed E-state index contributed by atoms with van der Waals surface area (Å²) in [7, 11) is 0. The van der Waals surface area contributed by atoms with Crippen LogP contribution in [0.4, 0.5) is 4.39 Å². The Hall–Kier alpha value is -3.02. The van der Waals surface area contributed by atoms with E-state index < -0.39 is 5.82 Å². The molecule has 4 rings (SSSR count). The Morgan fingerprint density at radius 2 is 1.81 bits per heavy atom. The summed E-state index contributed by atoms with van der Waals surface area (Å²) in [6.45, 7) is 1.35. The number of hydrogen-bond donors (Lipinski definition) is 1. The highest BCUT2D eigenvalue weighted by atomic mass is 19.1. The first-order valence-electron chi connectivity index (χ1n) is 9.17. The zero-order valence-corrected chi connectivity index (χ0v) is 14.9. The Labute approximate surface area is 155 Å². The Morgan fingerprint density at radius 3 is 2.59 bits per heavy atom. The molecule has 1 saturated heterocycles. The SMILES string of the molecule is O=C(c1cc(Cc2n[nH]c(=O)c3ccccc23)ccc1F)N1CCCCC1. The summed E-state index contributed by atoms with van der Waals surface area (Å²) in [4.78, 5) is 26.4. The van der Waals surface area contributed by atoms with Gasteiger partial charge in [-0.2, -0.15) is 5.10 Å². The van der Waals surface area contributed by atoms with Crippen molar-refractivity contribution >= 4 is 16.7 Å². The Bertz CT molecular complexity index is 1050. The number of likely N-dealkylation sites (tertiary alicyclic amines) is 1. The van der Waals surface area contributed by atoms with Gasteiger partial charge in [0.1, 0.15) is 5.82 Å². The van der Waals surface area contributed by atoms with E-state index in [0.717, 1.165) is 30.2 Å². The van der Waals surface area contributed by atoms with E-state index >= 15 is 0 Å². The van der Waals surface area contributed by atoms with Crippen LogP contribution in [-0.4, -0.2) is 34.1 Å². The molecule has 2 aromatic carbocycles. The van der Waals surface area contributed by atoms with Crippen molar-refractivity contribution in [3.63, 3.8) is 0 Å². The van der Waals surface area contributed by atoms with E-state index in [4.69, 9.17) is 0 Å². The molecular formula is C21H20FN3O2. The maximum Gasteiger partial charge on any atom is 0.272 e. The van der Waals surface area contributed by atoms with Crippen molar-refractivity contribution in [3.8, 4) is 0 Å². The Balaban J connectivity index is 1.67. The number of aromatic nitrogens is 2. The van der Waals surface area contributed by atoms with Crippen LogP contribution < -0.4 is 5.56 Å². The van der Waals surface area contributed by atoms with Crippen LogP contribution in [0.25, 0.3) is 10.8 Å². The number of piperidine rings is 1. The fraction of sp³-hybridized carbons (Fsp3) is 0.286. The molecule has 0 atom stereocenters. The Morgan fingerprint density at radius 1 is 1.07 bits per heavy atom. The van der Waals surface area contributed by atoms with Crippen molar-refractivity contribution in [2.24, 2.45) is 0 Å². The average molecular weight is 365 g/mol. The summed E-state index contributed by atoms with van der Waals surface area (Å²) in [5.41, 5.74) is 1.33. The van der Waals surface area contributed by atoms with E-state index in [2.05, 4.69) is 10.2 Å². The van der Waals surface area contributed by atoms with Crippen LogP contribution >= 0.6 is 0 Å². The lowest BCUT2D eigenvalue weighted by Crippen LogP contribution is -2.36. The molecule has 1 amide bonds. The number of nitrogens with zero attached hydrogens (tertiary/aromatic N) is 2. The number of rotatable bonds is 3. The zero-order chi connectivity index (χ0) is 18.8. The van der Waals surface area contributed by atoms with Crippen molar-refractivity contribution in [1.29, 1.82) is 0 Å². The van der Waals surface area contributed by atoms with Crippen LogP contribution in [0.3, 0.4) is 0 Å². The number of benzene rings is 2. The number of fused-ring (bicyclic) bond motifs is 1. The molecule has 6 heteroatoms. The third-order valence-electron chi connectivity index (χ3n) is 5.05. The van der Waals surface area contributed by atoms with E-state index in [0.29, 0.717) is 30.6 Å². The molecule has 1 aliphatic heterocycles. The number of aromatic amines is 1. The van der Waals surface area contributed by atoms with Crippen LogP contribution in [-0.2, 0) is 6.42 Å². The lowest BCUT2D eigenvalue weighted by atomic mass is 10.0. The lowest BCUT2D eigenvalue weighted by Gasteiger charge is -2.27. The predicted octanol–water partition coefficient (Wildman–Crippen LogP) is 3.28. The van der Waals surface area contributed by atoms with E-state index in [1.165, 1.54) is 6.07 Å². The largest absolute Gasteiger partial charge is 0.339 e. The predicted molar refractivity (Wildman–Crippen MR) is 101 cm³/mol. The second-order valence-electron chi connectivity index (χ2n) is 6.89. The fourth-order valence-electron chi connectivity index (χ4n) is 3.61. The summed E-state index contributed by atoms with van der Waals surface area (Å²) in [5.74, 6) is -0.762. The van der Waals surface area contributed by atoms with Gasteiger partial charge in [0.05, 0.1) is 16.6 Å². The van der Waals surface area contributed by atoms with Crippen LogP contribution in [0.15, 0.2) is 47.3 Å². The first kappa shape index (κ1) is 17.4. The fourth-order valence-corrected chi connectivity index (χ4v) is 3.61. The molecule has 1 aromatic heterocycles. The van der Waals surface area contributed by atoms with Gasteiger partial charge in [0, 0.05) is 24.9 Å². The van der Waals surface area contributed by atoms with Crippen LogP contribution in [0.2, 0.25) is 0 Å². The number of H-pyrrole nitrogens is 1. The van der Waals surface area contributed by atoms with Gasteiger partial charge >= 0.3 is 0 Å². The third kappa shape index (κ3) is 3.47. The molecular weight excluding hydrogens is 345 g/mol. The first-order valence-corrected chi connectivity index (χ1v) is 9.17. The summed E-state index contributed by atoms with van der Waals surface area (Å²) in [5, 5.41) is 7.99. The normalized spacial score (nSPS) is 14.5. The average Bonchev–Trinajstić information content (AvgIpc) is 2.72. The number of hydrogen-bond acceptors (Lipinski definition) is 3. The summed E-state index contributed by atoms with van der Waals surface area (Å²) in [6, 6.07) is 11.8. The van der Waals surface area contributed by atoms with Gasteiger partial charge in [0.25, 0.3) is 11.5 Å². The van der Waals surface area contributed by atoms with E-state index in [1.807, 2.05) is 12.1 Å². The van der Waals surface area contributed by atoms with Crippen molar-refractivity contribution in [2.75, 3.05) is 13.1 Å². The van der Waals surface area contributed by atoms with Crippen molar-refractivity contribution < 1.29 is 9.18 Å². The minimum Gasteiger partial charge on any atom is -0.339 e. The standard InChI is InChI=1S/C21H20FN3O2/c22-18-9-8-14(12-17(18)21(27)25-10-4-1-5-11-25)13-19-15-6-2-3-7-16(15)20(26)24-23-19/h2-3,6-9,12H,1,4-5,10-11,13H2,(H,24,26). The maximum atomic E-state index is 14.3. The molecule has 5 nitrogen and oxygen atoms in total. The minimum atomic E-state index is -0.506. The van der Waals surface area contributed by atoms with E-state index in [1.54, 1.807) is 29.2 Å². The highest BCUT2D eigenvalue weighted by molar-refractivity contribution is 5.94. The van der Waals surface area contributed by atoms with Crippen LogP contribution in [0.5, 0.6) is 0 Å². The van der Waals surface area contributed by atoms with E-state index in [-0.39, 0.29) is 17.0 Å². The molecule has 0 aliphatic carbocycles. The molecule has 0 saturated carbocycles. The quantitative estimate of drug-likeness (QED) is 0.775. The van der Waals surface area contributed by atoms with Gasteiger partial charge in [-0.1, -0.05) is 24.3 Å². The molecule has 0 unspecified atom stereocenters. The number of nitrogens with one attached hydrogen (secondary N) is 1. The highest BCUT2D eigenvalue weighted by Gasteiger charge is 2.21. The molecule has 27 heavy (non-hydrogen) atoms. The summed E-state index contributed by atoms with van der Waals surface area (Å²) in [6.07, 6.45) is 3.43. The smallest absolute Gasteiger partial charge is 0.272 e. The molecule has 1 aliphatic rings. The van der Waals surface area contributed by atoms with Crippen molar-refractivity contribution in [2.45, 2.75) is 25.7 Å². The summed E-state index contributed by atoms with van der Waals surface area (Å²) >= 11 is 0. The number of halogens is 1. The Kier molecular flexibility index (Phi) is 4.71. The van der Waals surface area contributed by atoms with E-state index in [9.17, 15) is 14.0 Å². The lowest BCUT2D eigenvalue weighted by molar-refractivity contribution is 0.0719. The van der Waals surface area contributed by atoms with Crippen molar-refractivity contribution in [3.05, 3.63) is 75.5 Å². The van der Waals surface area contributed by atoms with Crippen LogP contribution in [0, 0.1) is 5.82 Å². The highest BCUT2D eigenvalue weighted by Crippen LogP contribution is 2.20. The summed E-state index contributed by atoms with van der Waals surface area (Å²) < 4.78 is 14.3. The second-order valence-corrected chi connectivity index (χ2v) is 6.89. The number of carbonyl (C=O) groups excluding carboxylic acids is 1. The molecule has 0 radical (unpaired) electrons.